The first-order chi connectivity index (χ1) is 9.61. The molecule has 106 valence electrons. The lowest BCUT2D eigenvalue weighted by molar-refractivity contribution is -0.117. The molecule has 0 saturated heterocycles. The van der Waals surface area contributed by atoms with E-state index in [0.717, 1.165) is 11.9 Å². The third-order valence-corrected chi connectivity index (χ3v) is 4.21. The third-order valence-electron chi connectivity index (χ3n) is 2.55. The van der Waals surface area contributed by atoms with Crippen molar-refractivity contribution in [2.75, 3.05) is 24.0 Å². The van der Waals surface area contributed by atoms with Crippen LogP contribution < -0.4 is 4.90 Å². The van der Waals surface area contributed by atoms with Crippen LogP contribution in [0.25, 0.3) is 10.6 Å². The summed E-state index contributed by atoms with van der Waals surface area (Å²) in [5.41, 5.74) is 0.554. The molecule has 8 heteroatoms. The lowest BCUT2D eigenvalue weighted by Gasteiger charge is -2.12. The van der Waals surface area contributed by atoms with Gasteiger partial charge in [0.05, 0.1) is 6.20 Å². The third kappa shape index (κ3) is 3.51. The molecular formula is C12H13FN4OS2. The van der Waals surface area contributed by atoms with Crippen molar-refractivity contribution in [3.05, 3.63) is 24.3 Å². The van der Waals surface area contributed by atoms with E-state index in [9.17, 15) is 9.18 Å². The Labute approximate surface area is 124 Å². The van der Waals surface area contributed by atoms with Gasteiger partial charge in [-0.3, -0.25) is 14.7 Å². The number of carbonyl (C=O) groups excluding carboxylic acids is 1. The van der Waals surface area contributed by atoms with Gasteiger partial charge >= 0.3 is 0 Å². The largest absolute Gasteiger partial charge is 0.290 e. The molecule has 0 radical (unpaired) electrons. The molecule has 0 aliphatic rings. The minimum Gasteiger partial charge on any atom is -0.290 e. The second-order valence-electron chi connectivity index (χ2n) is 3.98. The van der Waals surface area contributed by atoms with Gasteiger partial charge in [-0.15, -0.1) is 10.2 Å². The molecule has 0 saturated carbocycles. The smallest absolute Gasteiger partial charge is 0.229 e. The van der Waals surface area contributed by atoms with Gasteiger partial charge in [0.1, 0.15) is 5.82 Å². The van der Waals surface area contributed by atoms with Crippen LogP contribution in [0, 0.1) is 5.82 Å². The summed E-state index contributed by atoms with van der Waals surface area (Å²) in [6.45, 7) is 0. The van der Waals surface area contributed by atoms with Gasteiger partial charge in [0.2, 0.25) is 11.0 Å². The topological polar surface area (TPSA) is 59.0 Å². The van der Waals surface area contributed by atoms with Crippen LogP contribution in [0.3, 0.4) is 0 Å². The zero-order chi connectivity index (χ0) is 14.5. The van der Waals surface area contributed by atoms with E-state index in [-0.39, 0.29) is 5.91 Å². The molecular weight excluding hydrogens is 299 g/mol. The predicted octanol–water partition coefficient (Wildman–Crippen LogP) is 2.46. The Hall–Kier alpha value is -1.54. The molecule has 0 spiro atoms. The van der Waals surface area contributed by atoms with E-state index in [0.29, 0.717) is 22.1 Å². The Morgan fingerprint density at radius 3 is 2.95 bits per heavy atom. The minimum absolute atomic E-state index is 0.0144. The van der Waals surface area contributed by atoms with Crippen LogP contribution in [0.5, 0.6) is 0 Å². The molecule has 2 heterocycles. The fraction of sp³-hybridized carbons (Fsp3) is 0.333. The summed E-state index contributed by atoms with van der Waals surface area (Å²) < 4.78 is 13.1. The fourth-order valence-electron chi connectivity index (χ4n) is 1.46. The van der Waals surface area contributed by atoms with Crippen molar-refractivity contribution in [2.45, 2.75) is 6.42 Å². The molecule has 0 N–H and O–H groups in total. The van der Waals surface area contributed by atoms with Gasteiger partial charge in [0.25, 0.3) is 0 Å². The highest BCUT2D eigenvalue weighted by atomic mass is 32.2. The molecule has 5 nitrogen and oxygen atoms in total. The van der Waals surface area contributed by atoms with Crippen LogP contribution in [0.4, 0.5) is 9.52 Å². The van der Waals surface area contributed by atoms with Crippen molar-refractivity contribution in [2.24, 2.45) is 0 Å². The number of carbonyl (C=O) groups is 1. The summed E-state index contributed by atoms with van der Waals surface area (Å²) in [4.78, 5) is 17.1. The number of hydrogen-bond acceptors (Lipinski definition) is 6. The molecule has 0 unspecified atom stereocenters. The van der Waals surface area contributed by atoms with Gasteiger partial charge in [-0.1, -0.05) is 11.3 Å². The monoisotopic (exact) mass is 312 g/mol. The number of anilines is 1. The summed E-state index contributed by atoms with van der Waals surface area (Å²) in [6, 6.07) is 1.34. The quantitative estimate of drug-likeness (QED) is 0.849. The molecule has 20 heavy (non-hydrogen) atoms. The molecule has 2 aromatic heterocycles. The SMILES string of the molecule is CSCCC(=O)N(C)c1nnc(-c2cncc(F)c2)s1. The predicted molar refractivity (Wildman–Crippen MR) is 79.5 cm³/mol. The Bertz CT molecular complexity index is 605. The average molecular weight is 312 g/mol. The maximum atomic E-state index is 13.1. The van der Waals surface area contributed by atoms with E-state index in [4.69, 9.17) is 0 Å². The number of rotatable bonds is 5. The van der Waals surface area contributed by atoms with Crippen molar-refractivity contribution in [1.29, 1.82) is 0 Å². The lowest BCUT2D eigenvalue weighted by Crippen LogP contribution is -2.26. The van der Waals surface area contributed by atoms with E-state index < -0.39 is 5.82 Å². The van der Waals surface area contributed by atoms with Crippen LogP contribution >= 0.6 is 23.1 Å². The van der Waals surface area contributed by atoms with Gasteiger partial charge in [-0.2, -0.15) is 11.8 Å². The standard InChI is InChI=1S/C12H13FN4OS2/c1-17(10(18)3-4-19-2)12-16-15-11(20-12)8-5-9(13)7-14-6-8/h5-7H,3-4H2,1-2H3. The molecule has 0 bridgehead atoms. The van der Waals surface area contributed by atoms with Gasteiger partial charge < -0.3 is 0 Å². The van der Waals surface area contributed by atoms with Crippen LogP contribution in [0.15, 0.2) is 18.5 Å². The molecule has 0 aliphatic carbocycles. The average Bonchev–Trinajstić information content (AvgIpc) is 2.93. The highest BCUT2D eigenvalue weighted by Gasteiger charge is 2.16. The molecule has 2 aromatic rings. The number of thioether (sulfide) groups is 1. The summed E-state index contributed by atoms with van der Waals surface area (Å²) in [5, 5.41) is 8.98. The Morgan fingerprint density at radius 1 is 1.45 bits per heavy atom. The molecule has 0 aromatic carbocycles. The second kappa shape index (κ2) is 6.76. The van der Waals surface area contributed by atoms with E-state index in [1.807, 2.05) is 6.26 Å². The van der Waals surface area contributed by atoms with Crippen molar-refractivity contribution < 1.29 is 9.18 Å². The Balaban J connectivity index is 2.14. The van der Waals surface area contributed by atoms with E-state index >= 15 is 0 Å². The van der Waals surface area contributed by atoms with Crippen molar-refractivity contribution >= 4 is 34.1 Å². The van der Waals surface area contributed by atoms with Gasteiger partial charge in [0, 0.05) is 31.0 Å². The van der Waals surface area contributed by atoms with Crippen LogP contribution in [0.2, 0.25) is 0 Å². The minimum atomic E-state index is -0.427. The van der Waals surface area contributed by atoms with Gasteiger partial charge in [-0.05, 0) is 12.3 Å². The maximum Gasteiger partial charge on any atom is 0.229 e. The summed E-state index contributed by atoms with van der Waals surface area (Å²) in [6.07, 6.45) is 5.05. The normalized spacial score (nSPS) is 10.6. The zero-order valence-electron chi connectivity index (χ0n) is 11.0. The number of aromatic nitrogens is 3. The number of halogens is 1. The first-order valence-corrected chi connectivity index (χ1v) is 8.02. The number of pyridine rings is 1. The van der Waals surface area contributed by atoms with Crippen LogP contribution in [-0.2, 0) is 4.79 Å². The first-order valence-electron chi connectivity index (χ1n) is 5.81. The second-order valence-corrected chi connectivity index (χ2v) is 5.92. The molecule has 2 rings (SSSR count). The number of hydrogen-bond donors (Lipinski definition) is 0. The Morgan fingerprint density at radius 2 is 2.25 bits per heavy atom. The summed E-state index contributed by atoms with van der Waals surface area (Å²) in [5.74, 6) is 0.325. The van der Waals surface area contributed by atoms with Gasteiger partial charge in [0.15, 0.2) is 5.01 Å². The fourth-order valence-corrected chi connectivity index (χ4v) is 2.64. The molecule has 1 amide bonds. The van der Waals surface area contributed by atoms with E-state index in [2.05, 4.69) is 15.2 Å². The molecule has 0 atom stereocenters. The van der Waals surface area contributed by atoms with E-state index in [1.54, 1.807) is 18.8 Å². The Kier molecular flexibility index (Phi) is 5.02. The van der Waals surface area contributed by atoms with Crippen molar-refractivity contribution in [3.63, 3.8) is 0 Å². The lowest BCUT2D eigenvalue weighted by atomic mass is 10.3. The van der Waals surface area contributed by atoms with Crippen molar-refractivity contribution in [3.8, 4) is 10.6 Å². The van der Waals surface area contributed by atoms with Crippen LogP contribution in [0.1, 0.15) is 6.42 Å². The molecule has 0 fully saturated rings. The molecule has 0 aliphatic heterocycles. The van der Waals surface area contributed by atoms with Crippen molar-refractivity contribution in [1.82, 2.24) is 15.2 Å². The van der Waals surface area contributed by atoms with Gasteiger partial charge in [-0.25, -0.2) is 4.39 Å². The van der Waals surface area contributed by atoms with Crippen LogP contribution in [-0.4, -0.2) is 40.1 Å². The number of amides is 1. The highest BCUT2D eigenvalue weighted by Crippen LogP contribution is 2.28. The summed E-state index contributed by atoms with van der Waals surface area (Å²) >= 11 is 2.85. The van der Waals surface area contributed by atoms with E-state index in [1.165, 1.54) is 28.5 Å². The number of nitrogens with zero attached hydrogens (tertiary/aromatic N) is 4. The zero-order valence-corrected chi connectivity index (χ0v) is 12.7. The first kappa shape index (κ1) is 14.9. The summed E-state index contributed by atoms with van der Waals surface area (Å²) in [7, 11) is 1.66. The maximum absolute atomic E-state index is 13.1. The highest BCUT2D eigenvalue weighted by molar-refractivity contribution is 7.98.